The molecule has 1 amide bonds. The van der Waals surface area contributed by atoms with Crippen LogP contribution in [0, 0.1) is 13.8 Å². The normalized spacial score (nSPS) is 16.5. The van der Waals surface area contributed by atoms with E-state index in [2.05, 4.69) is 10.1 Å². The number of hydrogen-bond acceptors (Lipinski definition) is 4. The van der Waals surface area contributed by atoms with Crippen LogP contribution in [0.1, 0.15) is 28.0 Å². The molecule has 6 nitrogen and oxygen atoms in total. The second-order valence-electron chi connectivity index (χ2n) is 6.84. The lowest BCUT2D eigenvalue weighted by atomic mass is 10.2. The van der Waals surface area contributed by atoms with E-state index in [9.17, 15) is 4.79 Å². The predicted octanol–water partition coefficient (Wildman–Crippen LogP) is 3.18. The first-order valence-corrected chi connectivity index (χ1v) is 9.10. The fourth-order valence-corrected chi connectivity index (χ4v) is 3.32. The van der Waals surface area contributed by atoms with Crippen LogP contribution in [0.15, 0.2) is 54.9 Å². The Labute approximate surface area is 158 Å². The summed E-state index contributed by atoms with van der Waals surface area (Å²) >= 11 is 0. The molecule has 0 saturated carbocycles. The molecule has 2 aromatic heterocycles. The van der Waals surface area contributed by atoms with E-state index in [-0.39, 0.29) is 12.0 Å². The SMILES string of the molecule is Cc1ccc(OC2CCN(C(=O)c3cnn(-c4ccccc4)c3C)C2)nc1. The van der Waals surface area contributed by atoms with Gasteiger partial charge in [0, 0.05) is 25.2 Å². The summed E-state index contributed by atoms with van der Waals surface area (Å²) in [4.78, 5) is 19.1. The lowest BCUT2D eigenvalue weighted by molar-refractivity contribution is 0.0770. The zero-order valence-corrected chi connectivity index (χ0v) is 15.5. The third-order valence-corrected chi connectivity index (χ3v) is 4.84. The summed E-state index contributed by atoms with van der Waals surface area (Å²) in [6.45, 7) is 5.15. The van der Waals surface area contributed by atoms with Crippen molar-refractivity contribution in [2.75, 3.05) is 13.1 Å². The number of aryl methyl sites for hydroxylation is 1. The minimum Gasteiger partial charge on any atom is -0.472 e. The van der Waals surface area contributed by atoms with Gasteiger partial charge in [0.05, 0.1) is 29.7 Å². The van der Waals surface area contributed by atoms with Gasteiger partial charge in [-0.25, -0.2) is 9.67 Å². The van der Waals surface area contributed by atoms with Crippen LogP contribution in [0.3, 0.4) is 0 Å². The zero-order valence-electron chi connectivity index (χ0n) is 15.5. The van der Waals surface area contributed by atoms with Gasteiger partial charge in [0.25, 0.3) is 5.91 Å². The summed E-state index contributed by atoms with van der Waals surface area (Å²) in [6.07, 6.45) is 4.20. The molecule has 1 aromatic carbocycles. The van der Waals surface area contributed by atoms with Crippen LogP contribution in [0.2, 0.25) is 0 Å². The van der Waals surface area contributed by atoms with Crippen molar-refractivity contribution in [3.05, 3.63) is 71.7 Å². The fraction of sp³-hybridized carbons (Fsp3) is 0.286. The van der Waals surface area contributed by atoms with Crippen molar-refractivity contribution < 1.29 is 9.53 Å². The summed E-state index contributed by atoms with van der Waals surface area (Å²) in [5.41, 5.74) is 3.52. The largest absolute Gasteiger partial charge is 0.472 e. The van der Waals surface area contributed by atoms with E-state index in [1.54, 1.807) is 17.1 Å². The molecule has 1 atom stereocenters. The molecule has 1 saturated heterocycles. The quantitative estimate of drug-likeness (QED) is 0.715. The van der Waals surface area contributed by atoms with Crippen molar-refractivity contribution in [1.82, 2.24) is 19.7 Å². The monoisotopic (exact) mass is 362 g/mol. The molecule has 1 aliphatic rings. The summed E-state index contributed by atoms with van der Waals surface area (Å²) in [6, 6.07) is 13.7. The van der Waals surface area contributed by atoms with Gasteiger partial charge in [-0.1, -0.05) is 24.3 Å². The van der Waals surface area contributed by atoms with Crippen molar-refractivity contribution in [2.45, 2.75) is 26.4 Å². The van der Waals surface area contributed by atoms with Crippen LogP contribution < -0.4 is 4.74 Å². The second-order valence-corrected chi connectivity index (χ2v) is 6.84. The lowest BCUT2D eigenvalue weighted by Gasteiger charge is -2.17. The van der Waals surface area contributed by atoms with Gasteiger partial charge in [0.2, 0.25) is 5.88 Å². The number of aromatic nitrogens is 3. The number of carbonyl (C=O) groups excluding carboxylic acids is 1. The highest BCUT2D eigenvalue weighted by atomic mass is 16.5. The third kappa shape index (κ3) is 3.56. The van der Waals surface area contributed by atoms with Crippen LogP contribution in [0.5, 0.6) is 5.88 Å². The molecule has 0 aliphatic carbocycles. The van der Waals surface area contributed by atoms with E-state index in [1.807, 2.05) is 61.2 Å². The molecule has 0 N–H and O–H groups in total. The summed E-state index contributed by atoms with van der Waals surface area (Å²) < 4.78 is 7.72. The van der Waals surface area contributed by atoms with E-state index in [0.717, 1.165) is 23.4 Å². The standard InChI is InChI=1S/C21H22N4O2/c1-15-8-9-20(22-12-15)27-18-10-11-24(14-18)21(26)19-13-23-25(16(19)2)17-6-4-3-5-7-17/h3-9,12-13,18H,10-11,14H2,1-2H3. The molecule has 0 spiro atoms. The number of hydrogen-bond donors (Lipinski definition) is 0. The van der Waals surface area contributed by atoms with Gasteiger partial charge in [-0.3, -0.25) is 4.79 Å². The highest BCUT2D eigenvalue weighted by Crippen LogP contribution is 2.21. The molecule has 1 fully saturated rings. The van der Waals surface area contributed by atoms with Crippen molar-refractivity contribution in [3.8, 4) is 11.6 Å². The van der Waals surface area contributed by atoms with Crippen molar-refractivity contribution in [2.24, 2.45) is 0 Å². The highest BCUT2D eigenvalue weighted by molar-refractivity contribution is 5.95. The fourth-order valence-electron chi connectivity index (χ4n) is 3.32. The number of likely N-dealkylation sites (tertiary alicyclic amines) is 1. The van der Waals surface area contributed by atoms with Crippen molar-refractivity contribution in [1.29, 1.82) is 0 Å². The molecular formula is C21H22N4O2. The molecule has 138 valence electrons. The van der Waals surface area contributed by atoms with Gasteiger partial charge in [0.15, 0.2) is 0 Å². The molecule has 6 heteroatoms. The highest BCUT2D eigenvalue weighted by Gasteiger charge is 2.30. The van der Waals surface area contributed by atoms with Crippen LogP contribution >= 0.6 is 0 Å². The van der Waals surface area contributed by atoms with Gasteiger partial charge in [0.1, 0.15) is 6.10 Å². The van der Waals surface area contributed by atoms with E-state index in [1.165, 1.54) is 0 Å². The zero-order chi connectivity index (χ0) is 18.8. The minimum absolute atomic E-state index is 0.00218. The molecule has 0 bridgehead atoms. The van der Waals surface area contributed by atoms with Gasteiger partial charge in [-0.05, 0) is 31.5 Å². The van der Waals surface area contributed by atoms with Gasteiger partial charge < -0.3 is 9.64 Å². The van der Waals surface area contributed by atoms with E-state index >= 15 is 0 Å². The molecule has 1 unspecified atom stereocenters. The Balaban J connectivity index is 1.45. The first kappa shape index (κ1) is 17.3. The maximum absolute atomic E-state index is 13.0. The first-order valence-electron chi connectivity index (χ1n) is 9.10. The summed E-state index contributed by atoms with van der Waals surface area (Å²) in [5.74, 6) is 0.602. The Bertz CT molecular complexity index is 935. The maximum atomic E-state index is 13.0. The van der Waals surface area contributed by atoms with E-state index < -0.39 is 0 Å². The maximum Gasteiger partial charge on any atom is 0.257 e. The number of benzene rings is 1. The molecule has 4 rings (SSSR count). The summed E-state index contributed by atoms with van der Waals surface area (Å²) in [5, 5.41) is 4.40. The van der Waals surface area contributed by atoms with Gasteiger partial charge in [-0.15, -0.1) is 0 Å². The number of ether oxygens (including phenoxy) is 1. The topological polar surface area (TPSA) is 60.2 Å². The molecule has 0 radical (unpaired) electrons. The molecule has 3 heterocycles. The molecule has 1 aliphatic heterocycles. The number of para-hydroxylation sites is 1. The van der Waals surface area contributed by atoms with Crippen LogP contribution in [0.4, 0.5) is 0 Å². The number of nitrogens with zero attached hydrogens (tertiary/aromatic N) is 4. The lowest BCUT2D eigenvalue weighted by Crippen LogP contribution is -2.31. The van der Waals surface area contributed by atoms with Crippen LogP contribution in [0.25, 0.3) is 5.69 Å². The van der Waals surface area contributed by atoms with Gasteiger partial charge >= 0.3 is 0 Å². The number of carbonyl (C=O) groups is 1. The number of pyridine rings is 1. The predicted molar refractivity (Wildman–Crippen MR) is 102 cm³/mol. The third-order valence-electron chi connectivity index (χ3n) is 4.84. The molecular weight excluding hydrogens is 340 g/mol. The molecule has 27 heavy (non-hydrogen) atoms. The minimum atomic E-state index is -0.0337. The molecule has 3 aromatic rings. The first-order chi connectivity index (χ1) is 13.1. The number of amides is 1. The van der Waals surface area contributed by atoms with Crippen molar-refractivity contribution >= 4 is 5.91 Å². The van der Waals surface area contributed by atoms with Crippen LogP contribution in [-0.2, 0) is 0 Å². The Kier molecular flexibility index (Phi) is 4.62. The Morgan fingerprint density at radius 1 is 1.11 bits per heavy atom. The van der Waals surface area contributed by atoms with E-state index in [4.69, 9.17) is 4.74 Å². The second kappa shape index (κ2) is 7.23. The van der Waals surface area contributed by atoms with Crippen LogP contribution in [-0.4, -0.2) is 44.8 Å². The Morgan fingerprint density at radius 2 is 1.93 bits per heavy atom. The summed E-state index contributed by atoms with van der Waals surface area (Å²) in [7, 11) is 0. The number of rotatable bonds is 4. The smallest absolute Gasteiger partial charge is 0.257 e. The average molecular weight is 362 g/mol. The van der Waals surface area contributed by atoms with Gasteiger partial charge in [-0.2, -0.15) is 5.10 Å². The average Bonchev–Trinajstić information content (AvgIpc) is 3.31. The van der Waals surface area contributed by atoms with Crippen molar-refractivity contribution in [3.63, 3.8) is 0 Å². The Morgan fingerprint density at radius 3 is 2.67 bits per heavy atom. The Hall–Kier alpha value is -3.15. The van der Waals surface area contributed by atoms with E-state index in [0.29, 0.717) is 24.5 Å².